The maximum absolute atomic E-state index is 13.2. The van der Waals surface area contributed by atoms with E-state index in [1.54, 1.807) is 24.4 Å². The van der Waals surface area contributed by atoms with E-state index in [4.69, 9.17) is 9.47 Å². The molecule has 1 unspecified atom stereocenters. The van der Waals surface area contributed by atoms with Gasteiger partial charge in [-0.3, -0.25) is 9.89 Å². The number of hydrogen-bond donors (Lipinski definition) is 1. The largest absolute Gasteiger partial charge is 0.496 e. The molecule has 1 atom stereocenters. The number of carbonyl (C=O) groups is 1. The molecule has 2 aromatic carbocycles. The number of methoxy groups -OCH3 is 1. The Morgan fingerprint density at radius 1 is 1.16 bits per heavy atom. The number of aromatic amines is 1. The zero-order valence-electron chi connectivity index (χ0n) is 17.4. The van der Waals surface area contributed by atoms with Crippen molar-refractivity contribution in [3.8, 4) is 11.5 Å². The lowest BCUT2D eigenvalue weighted by Gasteiger charge is -2.20. The van der Waals surface area contributed by atoms with Crippen LogP contribution in [0, 0.1) is 6.92 Å². The van der Waals surface area contributed by atoms with Crippen LogP contribution in [0.5, 0.6) is 11.5 Å². The number of alkyl halides is 3. The molecule has 0 bridgehead atoms. The maximum Gasteiger partial charge on any atom is 0.416 e. The molecule has 0 saturated carbocycles. The Kier molecular flexibility index (Phi) is 6.68. The summed E-state index contributed by atoms with van der Waals surface area (Å²) in [5.41, 5.74) is 1.74. The van der Waals surface area contributed by atoms with Crippen LogP contribution in [0.1, 0.15) is 47.2 Å². The summed E-state index contributed by atoms with van der Waals surface area (Å²) in [7, 11) is 1.49. The van der Waals surface area contributed by atoms with Crippen LogP contribution in [-0.4, -0.2) is 23.1 Å². The number of nitrogens with one attached hydrogen (secondary N) is 1. The molecule has 1 N–H and O–H groups in total. The van der Waals surface area contributed by atoms with Gasteiger partial charge in [0.05, 0.1) is 18.4 Å². The van der Waals surface area contributed by atoms with Crippen molar-refractivity contribution >= 4 is 5.78 Å². The van der Waals surface area contributed by atoms with Gasteiger partial charge in [0.25, 0.3) is 0 Å². The minimum atomic E-state index is -4.45. The highest BCUT2D eigenvalue weighted by molar-refractivity contribution is 5.77. The molecular weight excluding hydrogens is 409 g/mol. The first-order valence-electron chi connectivity index (χ1n) is 9.66. The number of carbonyl (C=O) groups excluding carboxylic acids is 1. The number of nitrogens with zero attached hydrogens (tertiary/aromatic N) is 1. The summed E-state index contributed by atoms with van der Waals surface area (Å²) in [5.74, 6) is 0.583. The number of ketones is 1. The van der Waals surface area contributed by atoms with E-state index in [0.29, 0.717) is 11.5 Å². The molecule has 164 valence electrons. The lowest BCUT2D eigenvalue weighted by atomic mass is 9.87. The predicted molar refractivity (Wildman–Crippen MR) is 109 cm³/mol. The first-order valence-corrected chi connectivity index (χ1v) is 9.66. The van der Waals surface area contributed by atoms with Crippen molar-refractivity contribution in [2.24, 2.45) is 0 Å². The summed E-state index contributed by atoms with van der Waals surface area (Å²) in [6.07, 6.45) is -2.44. The number of Topliss-reactive ketones (excluding diaryl/α,β-unsaturated/α-hetero) is 1. The number of benzene rings is 2. The average molecular weight is 432 g/mol. The van der Waals surface area contributed by atoms with Crippen molar-refractivity contribution in [1.29, 1.82) is 0 Å². The van der Waals surface area contributed by atoms with Gasteiger partial charge in [-0.05, 0) is 26.0 Å². The van der Waals surface area contributed by atoms with Crippen LogP contribution < -0.4 is 9.47 Å². The van der Waals surface area contributed by atoms with Crippen molar-refractivity contribution in [3.05, 3.63) is 76.6 Å². The maximum atomic E-state index is 13.2. The van der Waals surface area contributed by atoms with E-state index < -0.39 is 11.7 Å². The van der Waals surface area contributed by atoms with Gasteiger partial charge in [-0.15, -0.1) is 0 Å². The van der Waals surface area contributed by atoms with Gasteiger partial charge in [-0.1, -0.05) is 24.3 Å². The second-order valence-electron chi connectivity index (χ2n) is 7.23. The van der Waals surface area contributed by atoms with Gasteiger partial charge >= 0.3 is 6.18 Å². The predicted octanol–water partition coefficient (Wildman–Crippen LogP) is 5.44. The van der Waals surface area contributed by atoms with Crippen LogP contribution in [0.15, 0.2) is 48.7 Å². The number of ether oxygens (including phenoxy) is 2. The second kappa shape index (κ2) is 9.24. The number of H-pyrrole nitrogens is 1. The normalized spacial score (nSPS) is 12.5. The Labute approximate surface area is 178 Å². The molecule has 8 heteroatoms. The summed E-state index contributed by atoms with van der Waals surface area (Å²) in [5, 5.41) is 6.95. The van der Waals surface area contributed by atoms with Gasteiger partial charge in [-0.25, -0.2) is 0 Å². The minimum Gasteiger partial charge on any atom is -0.496 e. The van der Waals surface area contributed by atoms with E-state index in [1.807, 2.05) is 6.92 Å². The quantitative estimate of drug-likeness (QED) is 0.515. The van der Waals surface area contributed by atoms with Crippen LogP contribution in [-0.2, 0) is 17.6 Å². The Balaban J connectivity index is 1.88. The third kappa shape index (κ3) is 5.25. The number of hydrogen-bond acceptors (Lipinski definition) is 4. The summed E-state index contributed by atoms with van der Waals surface area (Å²) in [4.78, 5) is 11.9. The highest BCUT2D eigenvalue weighted by Gasteiger charge is 2.33. The highest BCUT2D eigenvalue weighted by Crippen LogP contribution is 2.38. The van der Waals surface area contributed by atoms with Crippen LogP contribution in [0.4, 0.5) is 13.2 Å². The van der Waals surface area contributed by atoms with E-state index in [-0.39, 0.29) is 30.3 Å². The average Bonchev–Trinajstić information content (AvgIpc) is 3.15. The van der Waals surface area contributed by atoms with E-state index in [0.717, 1.165) is 22.9 Å². The molecule has 3 rings (SSSR count). The molecule has 5 nitrogen and oxygen atoms in total. The number of aryl methyl sites for hydroxylation is 1. The third-order valence-electron chi connectivity index (χ3n) is 5.03. The van der Waals surface area contributed by atoms with Gasteiger partial charge in [0.2, 0.25) is 0 Å². The first-order chi connectivity index (χ1) is 14.7. The topological polar surface area (TPSA) is 64.2 Å². The standard InChI is InChI=1S/C23H23F3N2O3/c1-14(29)10-19(20-12-27-28-15(20)2)18-9-8-17(11-22(18)30-3)31-13-16-6-4-5-7-21(16)23(24,25)26/h4-9,11-12,19H,10,13H2,1-3H3,(H,27,28). The van der Waals surface area contributed by atoms with Crippen LogP contribution in [0.2, 0.25) is 0 Å². The SMILES string of the molecule is COc1cc(OCc2ccccc2C(F)(F)F)ccc1C(CC(C)=O)c1c[nH]nc1C. The zero-order valence-corrected chi connectivity index (χ0v) is 17.4. The minimum absolute atomic E-state index is 0.0109. The number of rotatable bonds is 8. The van der Waals surface area contributed by atoms with Gasteiger partial charge in [0, 0.05) is 41.3 Å². The van der Waals surface area contributed by atoms with Crippen LogP contribution >= 0.6 is 0 Å². The summed E-state index contributed by atoms with van der Waals surface area (Å²) < 4.78 is 50.7. The van der Waals surface area contributed by atoms with Crippen molar-refractivity contribution in [1.82, 2.24) is 10.2 Å². The molecule has 0 amide bonds. The van der Waals surface area contributed by atoms with Gasteiger partial charge in [0.1, 0.15) is 23.9 Å². The summed E-state index contributed by atoms with van der Waals surface area (Å²) in [6, 6.07) is 10.4. The lowest BCUT2D eigenvalue weighted by molar-refractivity contribution is -0.138. The monoisotopic (exact) mass is 432 g/mol. The fourth-order valence-corrected chi connectivity index (χ4v) is 3.55. The smallest absolute Gasteiger partial charge is 0.416 e. The molecule has 0 spiro atoms. The van der Waals surface area contributed by atoms with Gasteiger partial charge < -0.3 is 9.47 Å². The van der Waals surface area contributed by atoms with Crippen LogP contribution in [0.3, 0.4) is 0 Å². The molecule has 0 radical (unpaired) electrons. The van der Waals surface area contributed by atoms with Crippen molar-refractivity contribution < 1.29 is 27.4 Å². The third-order valence-corrected chi connectivity index (χ3v) is 5.03. The zero-order chi connectivity index (χ0) is 22.6. The molecule has 0 aliphatic carbocycles. The highest BCUT2D eigenvalue weighted by atomic mass is 19.4. The molecule has 31 heavy (non-hydrogen) atoms. The number of halogens is 3. The van der Waals surface area contributed by atoms with E-state index >= 15 is 0 Å². The molecule has 0 saturated heterocycles. The van der Waals surface area contributed by atoms with Crippen molar-refractivity contribution in [2.75, 3.05) is 7.11 Å². The second-order valence-corrected chi connectivity index (χ2v) is 7.23. The molecule has 0 aliphatic rings. The van der Waals surface area contributed by atoms with Gasteiger partial charge in [-0.2, -0.15) is 18.3 Å². The van der Waals surface area contributed by atoms with E-state index in [2.05, 4.69) is 10.2 Å². The Hall–Kier alpha value is -3.29. The Morgan fingerprint density at radius 2 is 1.90 bits per heavy atom. The molecule has 1 heterocycles. The van der Waals surface area contributed by atoms with Crippen molar-refractivity contribution in [2.45, 2.75) is 39.0 Å². The molecular formula is C23H23F3N2O3. The molecule has 3 aromatic rings. The first kappa shape index (κ1) is 22.4. The fourth-order valence-electron chi connectivity index (χ4n) is 3.55. The summed E-state index contributed by atoms with van der Waals surface area (Å²) >= 11 is 0. The lowest BCUT2D eigenvalue weighted by Crippen LogP contribution is -2.11. The fraction of sp³-hybridized carbons (Fsp3) is 0.304. The van der Waals surface area contributed by atoms with Crippen molar-refractivity contribution in [3.63, 3.8) is 0 Å². The number of aromatic nitrogens is 2. The Bertz CT molecular complexity index is 1060. The molecule has 0 fully saturated rings. The molecule has 1 aromatic heterocycles. The Morgan fingerprint density at radius 3 is 2.52 bits per heavy atom. The molecule has 0 aliphatic heterocycles. The van der Waals surface area contributed by atoms with E-state index in [1.165, 1.54) is 32.2 Å². The van der Waals surface area contributed by atoms with Crippen LogP contribution in [0.25, 0.3) is 0 Å². The summed E-state index contributed by atoms with van der Waals surface area (Å²) in [6.45, 7) is 3.13. The van der Waals surface area contributed by atoms with E-state index in [9.17, 15) is 18.0 Å². The van der Waals surface area contributed by atoms with Gasteiger partial charge in [0.15, 0.2) is 0 Å².